The van der Waals surface area contributed by atoms with Crippen molar-refractivity contribution in [2.45, 2.75) is 18.4 Å². The van der Waals surface area contributed by atoms with E-state index in [-0.39, 0.29) is 0 Å². The van der Waals surface area contributed by atoms with Crippen LogP contribution in [0.25, 0.3) is 0 Å². The van der Waals surface area contributed by atoms with Crippen LogP contribution < -0.4 is 0 Å². The van der Waals surface area contributed by atoms with Crippen molar-refractivity contribution in [2.75, 3.05) is 21.3 Å². The molecule has 0 radical (unpaired) electrons. The van der Waals surface area contributed by atoms with Gasteiger partial charge < -0.3 is 35.7 Å². The van der Waals surface area contributed by atoms with Crippen molar-refractivity contribution >= 4 is 17.9 Å². The molecule has 116 valence electrons. The molecule has 0 amide bonds. The minimum Gasteiger partial charge on any atom is -0.481 e. The van der Waals surface area contributed by atoms with Gasteiger partial charge in [-0.15, -0.1) is 0 Å². The van der Waals surface area contributed by atoms with Crippen LogP contribution in [-0.2, 0) is 14.4 Å². The molecule has 0 heterocycles. The molecule has 0 bridgehead atoms. The minimum absolute atomic E-state index is 1.00. The van der Waals surface area contributed by atoms with Gasteiger partial charge in [-0.05, 0) is 0 Å². The van der Waals surface area contributed by atoms with E-state index >= 15 is 0 Å². The van der Waals surface area contributed by atoms with Gasteiger partial charge in [-0.1, -0.05) is 0 Å². The van der Waals surface area contributed by atoms with Crippen molar-refractivity contribution in [3.05, 3.63) is 0 Å². The Morgan fingerprint density at radius 1 is 0.737 bits per heavy atom. The molecule has 0 aliphatic rings. The van der Waals surface area contributed by atoms with E-state index in [1.165, 1.54) is 0 Å². The van der Waals surface area contributed by atoms with E-state index < -0.39 is 36.4 Å². The van der Waals surface area contributed by atoms with Crippen molar-refractivity contribution in [2.24, 2.45) is 0 Å². The van der Waals surface area contributed by atoms with Gasteiger partial charge in [-0.25, -0.2) is 4.79 Å². The molecular weight excluding hydrogens is 268 g/mol. The molecule has 0 atom stereocenters. The average molecular weight is 288 g/mol. The third-order valence-electron chi connectivity index (χ3n) is 1.29. The first-order valence-electron chi connectivity index (χ1n) is 4.51. The van der Waals surface area contributed by atoms with Crippen molar-refractivity contribution in [1.29, 1.82) is 0 Å². The number of aliphatic carboxylic acids is 3. The number of hydrogen-bond acceptors (Lipinski definition) is 7. The molecule has 0 spiro atoms. The fourth-order valence-corrected chi connectivity index (χ4v) is 0.714. The van der Waals surface area contributed by atoms with E-state index in [1.807, 2.05) is 0 Å². The van der Waals surface area contributed by atoms with E-state index in [0.717, 1.165) is 21.3 Å². The van der Waals surface area contributed by atoms with Gasteiger partial charge in [0.1, 0.15) is 0 Å². The van der Waals surface area contributed by atoms with Gasteiger partial charge in [0.25, 0.3) is 0 Å². The lowest BCUT2D eigenvalue weighted by atomic mass is 9.96. The topological polar surface area (TPSA) is 193 Å². The molecule has 0 saturated heterocycles. The Bertz CT molecular complexity index is 233. The average Bonchev–Trinajstić information content (AvgIpc) is 2.34. The molecule has 0 aliphatic carbocycles. The maximum atomic E-state index is 10.3. The standard InChI is InChI=1S/C6H8O7.3CH4O/c7-3(8)1-6(13,5(11)12)2-4(9)10;3*1-2/h13H,1-2H2,(H,7,8)(H,9,10)(H,11,12);3*2H,1H3. The van der Waals surface area contributed by atoms with Crippen LogP contribution in [-0.4, -0.2) is 80.6 Å². The number of aliphatic hydroxyl groups is 4. The zero-order valence-corrected chi connectivity index (χ0v) is 10.8. The number of rotatable bonds is 5. The molecule has 19 heavy (non-hydrogen) atoms. The highest BCUT2D eigenvalue weighted by molar-refractivity contribution is 5.88. The van der Waals surface area contributed by atoms with Crippen molar-refractivity contribution < 1.29 is 50.1 Å². The van der Waals surface area contributed by atoms with Gasteiger partial charge in [-0.2, -0.15) is 0 Å². The normalized spacial score (nSPS) is 8.37. The van der Waals surface area contributed by atoms with E-state index in [2.05, 4.69) is 0 Å². The summed E-state index contributed by atoms with van der Waals surface area (Å²) in [6.07, 6.45) is -2.29. The van der Waals surface area contributed by atoms with Crippen molar-refractivity contribution in [3.8, 4) is 0 Å². The van der Waals surface area contributed by atoms with E-state index in [4.69, 9.17) is 35.7 Å². The monoisotopic (exact) mass is 288 g/mol. The SMILES string of the molecule is CO.CO.CO.O=C(O)CC(O)(CC(=O)O)C(=O)O. The summed E-state index contributed by atoms with van der Waals surface area (Å²) in [7, 11) is 3.00. The van der Waals surface area contributed by atoms with Crippen LogP contribution in [0.2, 0.25) is 0 Å². The van der Waals surface area contributed by atoms with Crippen molar-refractivity contribution in [3.63, 3.8) is 0 Å². The predicted octanol–water partition coefficient (Wildman–Crippen LogP) is -2.42. The summed E-state index contributed by atoms with van der Waals surface area (Å²) in [5.74, 6) is -5.02. The van der Waals surface area contributed by atoms with E-state index in [0.29, 0.717) is 0 Å². The molecule has 0 aromatic carbocycles. The van der Waals surface area contributed by atoms with Gasteiger partial charge >= 0.3 is 17.9 Å². The minimum atomic E-state index is -2.74. The van der Waals surface area contributed by atoms with Gasteiger partial charge in [0.05, 0.1) is 12.8 Å². The van der Waals surface area contributed by atoms with Gasteiger partial charge in [0.15, 0.2) is 5.60 Å². The number of carboxylic acid groups (broad SMARTS) is 3. The first kappa shape index (κ1) is 25.9. The Kier molecular flexibility index (Phi) is 22.2. The van der Waals surface area contributed by atoms with Crippen LogP contribution in [0.4, 0.5) is 0 Å². The largest absolute Gasteiger partial charge is 0.481 e. The first-order valence-corrected chi connectivity index (χ1v) is 4.51. The lowest BCUT2D eigenvalue weighted by molar-refractivity contribution is -0.170. The molecular formula is C9H20O10. The summed E-state index contributed by atoms with van der Waals surface area (Å²) < 4.78 is 0. The van der Waals surface area contributed by atoms with Crippen LogP contribution in [0.1, 0.15) is 12.8 Å². The number of hydrogen-bond donors (Lipinski definition) is 7. The lowest BCUT2D eigenvalue weighted by Crippen LogP contribution is -2.42. The summed E-state index contributed by atoms with van der Waals surface area (Å²) in [6, 6.07) is 0. The maximum absolute atomic E-state index is 10.3. The molecule has 10 heteroatoms. The number of aliphatic hydroxyl groups excluding tert-OH is 3. The second kappa shape index (κ2) is 16.2. The van der Waals surface area contributed by atoms with Crippen LogP contribution in [0.15, 0.2) is 0 Å². The third kappa shape index (κ3) is 16.2. The highest BCUT2D eigenvalue weighted by Gasteiger charge is 2.40. The Labute approximate surface area is 109 Å². The molecule has 10 nitrogen and oxygen atoms in total. The van der Waals surface area contributed by atoms with Crippen molar-refractivity contribution in [1.82, 2.24) is 0 Å². The van der Waals surface area contributed by atoms with Gasteiger partial charge in [0.2, 0.25) is 0 Å². The molecule has 0 aromatic rings. The number of carbonyl (C=O) groups is 3. The second-order valence-corrected chi connectivity index (χ2v) is 2.48. The fraction of sp³-hybridized carbons (Fsp3) is 0.667. The summed E-state index contributed by atoms with van der Waals surface area (Å²) in [6.45, 7) is 0. The third-order valence-corrected chi connectivity index (χ3v) is 1.29. The molecule has 7 N–H and O–H groups in total. The van der Waals surface area contributed by atoms with Gasteiger partial charge in [-0.3, -0.25) is 9.59 Å². The fourth-order valence-electron chi connectivity index (χ4n) is 0.714. The molecule has 0 rings (SSSR count). The summed E-state index contributed by atoms with van der Waals surface area (Å²) in [5, 5.41) is 54.8. The van der Waals surface area contributed by atoms with E-state index in [1.54, 1.807) is 0 Å². The van der Waals surface area contributed by atoms with Crippen LogP contribution >= 0.6 is 0 Å². The smallest absolute Gasteiger partial charge is 0.336 e. The molecule has 0 saturated carbocycles. The zero-order chi connectivity index (χ0) is 16.6. The second-order valence-electron chi connectivity index (χ2n) is 2.48. The summed E-state index contributed by atoms with van der Waals surface area (Å²) in [5.41, 5.74) is -2.74. The maximum Gasteiger partial charge on any atom is 0.336 e. The molecule has 0 aromatic heterocycles. The Morgan fingerprint density at radius 2 is 0.947 bits per heavy atom. The Balaban J connectivity index is -0.000000163. The molecule has 0 aliphatic heterocycles. The highest BCUT2D eigenvalue weighted by Crippen LogP contribution is 2.15. The lowest BCUT2D eigenvalue weighted by Gasteiger charge is -2.18. The molecule has 0 fully saturated rings. The number of carboxylic acids is 3. The first-order chi connectivity index (χ1) is 8.78. The predicted molar refractivity (Wildman–Crippen MR) is 61.5 cm³/mol. The van der Waals surface area contributed by atoms with E-state index in [9.17, 15) is 14.4 Å². The quantitative estimate of drug-likeness (QED) is 0.286. The highest BCUT2D eigenvalue weighted by atomic mass is 16.4. The van der Waals surface area contributed by atoms with Gasteiger partial charge in [0, 0.05) is 21.3 Å². The molecule has 0 unspecified atom stereocenters. The summed E-state index contributed by atoms with van der Waals surface area (Å²) >= 11 is 0. The van der Waals surface area contributed by atoms with Crippen LogP contribution in [0, 0.1) is 0 Å². The van der Waals surface area contributed by atoms with Crippen LogP contribution in [0.5, 0.6) is 0 Å². The summed E-state index contributed by atoms with van der Waals surface area (Å²) in [4.78, 5) is 30.5. The Hall–Kier alpha value is -1.75. The Morgan fingerprint density at radius 3 is 1.05 bits per heavy atom. The van der Waals surface area contributed by atoms with Crippen LogP contribution in [0.3, 0.4) is 0 Å². The zero-order valence-electron chi connectivity index (χ0n) is 10.8.